The molecule has 2 aromatic carbocycles. The van der Waals surface area contributed by atoms with Crippen LogP contribution in [0.5, 0.6) is 0 Å². The van der Waals surface area contributed by atoms with Gasteiger partial charge in [-0.05, 0) is 17.7 Å². The third kappa shape index (κ3) is 2.96. The molecule has 0 spiro atoms. The Labute approximate surface area is 126 Å². The van der Waals surface area contributed by atoms with Crippen LogP contribution in [-0.4, -0.2) is 10.8 Å². The molecule has 0 aromatic heterocycles. The number of hydrogen-bond donors (Lipinski definition) is 1. The molecular weight excluding hydrogens is 284 g/mol. The van der Waals surface area contributed by atoms with E-state index in [1.165, 1.54) is 12.1 Å². The summed E-state index contributed by atoms with van der Waals surface area (Å²) >= 11 is 0. The van der Waals surface area contributed by atoms with E-state index < -0.39 is 11.2 Å². The Balaban J connectivity index is 1.81. The standard InChI is InChI=1S/C16H14N2O4/c19-15-10-14(11-4-2-1-3-5-11)22-16(17-15)12-6-8-13(9-7-12)18(20)21/h1-9,14,16H,10H2,(H,17,19)/t14-,16-/m0/s1. The largest absolute Gasteiger partial charge is 0.346 e. The number of carbonyl (C=O) groups is 1. The minimum absolute atomic E-state index is 0.00509. The van der Waals surface area contributed by atoms with Crippen LogP contribution in [0.3, 0.4) is 0 Å². The molecule has 6 heteroatoms. The van der Waals surface area contributed by atoms with Crippen LogP contribution in [0.2, 0.25) is 0 Å². The van der Waals surface area contributed by atoms with Gasteiger partial charge in [-0.3, -0.25) is 14.9 Å². The lowest BCUT2D eigenvalue weighted by Crippen LogP contribution is -2.37. The molecule has 1 aliphatic rings. The van der Waals surface area contributed by atoms with E-state index >= 15 is 0 Å². The van der Waals surface area contributed by atoms with Gasteiger partial charge in [-0.25, -0.2) is 0 Å². The van der Waals surface area contributed by atoms with E-state index in [1.807, 2.05) is 30.3 Å². The van der Waals surface area contributed by atoms with Crippen LogP contribution in [0.25, 0.3) is 0 Å². The maximum Gasteiger partial charge on any atom is 0.269 e. The van der Waals surface area contributed by atoms with Crippen LogP contribution < -0.4 is 5.32 Å². The molecule has 0 bridgehead atoms. The van der Waals surface area contributed by atoms with E-state index in [9.17, 15) is 14.9 Å². The van der Waals surface area contributed by atoms with Crippen molar-refractivity contribution in [2.24, 2.45) is 0 Å². The summed E-state index contributed by atoms with van der Waals surface area (Å²) in [4.78, 5) is 22.1. The van der Waals surface area contributed by atoms with Crippen molar-refractivity contribution in [3.63, 3.8) is 0 Å². The molecule has 1 saturated heterocycles. The molecule has 6 nitrogen and oxygen atoms in total. The number of benzene rings is 2. The van der Waals surface area contributed by atoms with E-state index in [-0.39, 0.29) is 24.1 Å². The lowest BCUT2D eigenvalue weighted by atomic mass is 10.0. The van der Waals surface area contributed by atoms with Crippen LogP contribution in [-0.2, 0) is 9.53 Å². The fourth-order valence-corrected chi connectivity index (χ4v) is 2.42. The number of amides is 1. The highest BCUT2D eigenvalue weighted by Crippen LogP contribution is 2.32. The van der Waals surface area contributed by atoms with E-state index in [4.69, 9.17) is 4.74 Å². The van der Waals surface area contributed by atoms with Crippen LogP contribution in [0.15, 0.2) is 54.6 Å². The van der Waals surface area contributed by atoms with Crippen LogP contribution >= 0.6 is 0 Å². The maximum absolute atomic E-state index is 11.9. The summed E-state index contributed by atoms with van der Waals surface area (Å²) < 4.78 is 5.93. The van der Waals surface area contributed by atoms with Crippen molar-refractivity contribution in [2.45, 2.75) is 18.8 Å². The van der Waals surface area contributed by atoms with Crippen molar-refractivity contribution in [3.05, 3.63) is 75.8 Å². The normalized spacial score (nSPS) is 21.2. The van der Waals surface area contributed by atoms with Crippen molar-refractivity contribution in [2.75, 3.05) is 0 Å². The van der Waals surface area contributed by atoms with Gasteiger partial charge in [-0.15, -0.1) is 0 Å². The average molecular weight is 298 g/mol. The monoisotopic (exact) mass is 298 g/mol. The van der Waals surface area contributed by atoms with Crippen LogP contribution in [0.4, 0.5) is 5.69 Å². The third-order valence-corrected chi connectivity index (χ3v) is 3.54. The molecule has 0 radical (unpaired) electrons. The molecule has 22 heavy (non-hydrogen) atoms. The van der Waals surface area contributed by atoms with E-state index in [0.29, 0.717) is 5.56 Å². The molecule has 1 N–H and O–H groups in total. The topological polar surface area (TPSA) is 81.5 Å². The highest BCUT2D eigenvalue weighted by Gasteiger charge is 2.29. The summed E-state index contributed by atoms with van der Waals surface area (Å²) in [5, 5.41) is 13.4. The number of nitrogens with one attached hydrogen (secondary N) is 1. The second kappa shape index (κ2) is 5.95. The molecule has 1 amide bonds. The SMILES string of the molecule is O=C1C[C@@H](c2ccccc2)O[C@@H](c2ccc([N+](=O)[O-])cc2)N1. The predicted octanol–water partition coefficient (Wildman–Crippen LogP) is 2.87. The van der Waals surface area contributed by atoms with Gasteiger partial charge in [0.15, 0.2) is 6.23 Å². The number of rotatable bonds is 3. The summed E-state index contributed by atoms with van der Waals surface area (Å²) in [6.07, 6.45) is -0.671. The molecular formula is C16H14N2O4. The molecule has 1 fully saturated rings. The van der Waals surface area contributed by atoms with Gasteiger partial charge in [0.25, 0.3) is 5.69 Å². The minimum Gasteiger partial charge on any atom is -0.346 e. The van der Waals surface area contributed by atoms with Crippen LogP contribution in [0.1, 0.15) is 29.9 Å². The Bertz CT molecular complexity index is 685. The zero-order valence-electron chi connectivity index (χ0n) is 11.6. The van der Waals surface area contributed by atoms with Crippen molar-refractivity contribution >= 4 is 11.6 Å². The Kier molecular flexibility index (Phi) is 3.84. The lowest BCUT2D eigenvalue weighted by Gasteiger charge is -2.31. The predicted molar refractivity (Wildman–Crippen MR) is 78.9 cm³/mol. The summed E-state index contributed by atoms with van der Waals surface area (Å²) in [5.41, 5.74) is 1.62. The number of carbonyl (C=O) groups excluding carboxylic acids is 1. The Morgan fingerprint density at radius 3 is 2.36 bits per heavy atom. The third-order valence-electron chi connectivity index (χ3n) is 3.54. The Morgan fingerprint density at radius 1 is 1.05 bits per heavy atom. The zero-order valence-corrected chi connectivity index (χ0v) is 11.6. The molecule has 2 atom stereocenters. The van der Waals surface area contributed by atoms with Gasteiger partial charge in [0.1, 0.15) is 0 Å². The maximum atomic E-state index is 11.9. The summed E-state index contributed by atoms with van der Waals surface area (Å²) in [7, 11) is 0. The van der Waals surface area contributed by atoms with Crippen molar-refractivity contribution in [1.29, 1.82) is 0 Å². The second-order valence-corrected chi connectivity index (χ2v) is 5.04. The highest BCUT2D eigenvalue weighted by molar-refractivity contribution is 5.77. The van der Waals surface area contributed by atoms with E-state index in [2.05, 4.69) is 5.32 Å². The molecule has 0 aliphatic carbocycles. The number of non-ortho nitro benzene ring substituents is 1. The summed E-state index contributed by atoms with van der Waals surface area (Å²) in [6, 6.07) is 15.5. The van der Waals surface area contributed by atoms with Gasteiger partial charge >= 0.3 is 0 Å². The van der Waals surface area contributed by atoms with Gasteiger partial charge < -0.3 is 10.1 Å². The molecule has 0 unspecified atom stereocenters. The zero-order chi connectivity index (χ0) is 15.5. The van der Waals surface area contributed by atoms with Gasteiger partial charge in [-0.1, -0.05) is 30.3 Å². The number of nitro groups is 1. The molecule has 1 aliphatic heterocycles. The van der Waals surface area contributed by atoms with Gasteiger partial charge in [0.2, 0.25) is 5.91 Å². The second-order valence-electron chi connectivity index (χ2n) is 5.04. The van der Waals surface area contributed by atoms with Gasteiger partial charge in [0.05, 0.1) is 17.4 Å². The smallest absolute Gasteiger partial charge is 0.269 e. The highest BCUT2D eigenvalue weighted by atomic mass is 16.6. The molecule has 1 heterocycles. The summed E-state index contributed by atoms with van der Waals surface area (Å²) in [6.45, 7) is 0. The van der Waals surface area contributed by atoms with Crippen LogP contribution in [0, 0.1) is 10.1 Å². The van der Waals surface area contributed by atoms with E-state index in [1.54, 1.807) is 12.1 Å². The first-order valence-electron chi connectivity index (χ1n) is 6.87. The van der Waals surface area contributed by atoms with Crippen molar-refractivity contribution in [3.8, 4) is 0 Å². The molecule has 0 saturated carbocycles. The van der Waals surface area contributed by atoms with E-state index in [0.717, 1.165) is 5.56 Å². The fourth-order valence-electron chi connectivity index (χ4n) is 2.42. The number of hydrogen-bond acceptors (Lipinski definition) is 4. The first-order valence-corrected chi connectivity index (χ1v) is 6.87. The Morgan fingerprint density at radius 2 is 1.73 bits per heavy atom. The molecule has 112 valence electrons. The summed E-state index contributed by atoms with van der Waals surface area (Å²) in [5.74, 6) is -0.108. The average Bonchev–Trinajstić information content (AvgIpc) is 2.55. The first kappa shape index (κ1) is 14.2. The van der Waals surface area contributed by atoms with Crippen molar-refractivity contribution in [1.82, 2.24) is 5.32 Å². The lowest BCUT2D eigenvalue weighted by molar-refractivity contribution is -0.384. The molecule has 3 rings (SSSR count). The van der Waals surface area contributed by atoms with Gasteiger partial charge in [-0.2, -0.15) is 0 Å². The number of nitro benzene ring substituents is 1. The number of ether oxygens (including phenoxy) is 1. The Hall–Kier alpha value is -2.73. The quantitative estimate of drug-likeness (QED) is 0.697. The first-order chi connectivity index (χ1) is 10.6. The van der Waals surface area contributed by atoms with Crippen molar-refractivity contribution < 1.29 is 14.5 Å². The minimum atomic E-state index is -0.604. The van der Waals surface area contributed by atoms with Gasteiger partial charge in [0, 0.05) is 17.7 Å². The molecule has 2 aromatic rings. The fraction of sp³-hybridized carbons (Fsp3) is 0.188. The number of nitrogens with zero attached hydrogens (tertiary/aromatic N) is 1.